The third-order valence-electron chi connectivity index (χ3n) is 6.87. The molecular weight excluding hydrogens is 624 g/mol. The van der Waals surface area contributed by atoms with Crippen LogP contribution >= 0.6 is 15.9 Å². The summed E-state index contributed by atoms with van der Waals surface area (Å²) in [5, 5.41) is 14.4. The minimum Gasteiger partial charge on any atom is -0.352 e. The fourth-order valence-electron chi connectivity index (χ4n) is 4.40. The SMILES string of the molecule is CC[C@H](C)NC(=O)[C@@H](Cc1ccccc1)N(Cc1cccc(Br)c1)C(=O)CN(c1cc([N+](=O)[O-])ccc1C)S(C)(=O)=O. The van der Waals surface area contributed by atoms with Crippen LogP contribution < -0.4 is 9.62 Å². The van der Waals surface area contributed by atoms with Gasteiger partial charge < -0.3 is 10.2 Å². The maximum Gasteiger partial charge on any atom is 0.271 e. The van der Waals surface area contributed by atoms with Crippen LogP contribution in [0.5, 0.6) is 0 Å². The zero-order chi connectivity index (χ0) is 31.0. The minimum atomic E-state index is -4.06. The molecule has 2 atom stereocenters. The second-order valence-electron chi connectivity index (χ2n) is 10.2. The highest BCUT2D eigenvalue weighted by molar-refractivity contribution is 9.10. The molecule has 0 aliphatic heterocycles. The molecule has 0 aliphatic rings. The predicted molar refractivity (Wildman–Crippen MR) is 167 cm³/mol. The zero-order valence-corrected chi connectivity index (χ0v) is 26.4. The molecule has 10 nitrogen and oxygen atoms in total. The second kappa shape index (κ2) is 14.4. The van der Waals surface area contributed by atoms with Crippen LogP contribution in [0, 0.1) is 17.0 Å². The number of nitrogens with one attached hydrogen (secondary N) is 1. The minimum absolute atomic E-state index is 0.0196. The molecule has 3 aromatic rings. The molecule has 0 aliphatic carbocycles. The van der Waals surface area contributed by atoms with Crippen molar-refractivity contribution in [2.45, 2.75) is 52.2 Å². The Kier molecular flexibility index (Phi) is 11.2. The number of benzene rings is 3. The number of sulfonamides is 1. The lowest BCUT2D eigenvalue weighted by Gasteiger charge is -2.34. The van der Waals surface area contributed by atoms with Gasteiger partial charge in [-0.1, -0.05) is 71.4 Å². The van der Waals surface area contributed by atoms with Gasteiger partial charge in [-0.15, -0.1) is 0 Å². The fourth-order valence-corrected chi connectivity index (χ4v) is 5.75. The number of hydrogen-bond acceptors (Lipinski definition) is 6. The van der Waals surface area contributed by atoms with Crippen LogP contribution in [0.2, 0.25) is 0 Å². The van der Waals surface area contributed by atoms with Crippen LogP contribution in [0.15, 0.2) is 77.3 Å². The molecule has 0 saturated heterocycles. The summed E-state index contributed by atoms with van der Waals surface area (Å²) in [6, 6.07) is 19.3. The van der Waals surface area contributed by atoms with Crippen molar-refractivity contribution in [1.29, 1.82) is 0 Å². The van der Waals surface area contributed by atoms with Crippen LogP contribution in [0.4, 0.5) is 11.4 Å². The maximum atomic E-state index is 14.2. The average Bonchev–Trinajstić information content (AvgIpc) is 2.93. The molecule has 0 heterocycles. The van der Waals surface area contributed by atoms with Gasteiger partial charge in [0.25, 0.3) is 5.69 Å². The summed E-state index contributed by atoms with van der Waals surface area (Å²) in [6.07, 6.45) is 1.81. The molecular formula is C30H35BrN4O6S. The molecule has 3 aromatic carbocycles. The zero-order valence-electron chi connectivity index (χ0n) is 24.0. The third-order valence-corrected chi connectivity index (χ3v) is 8.49. The topological polar surface area (TPSA) is 130 Å². The first-order valence-corrected chi connectivity index (χ1v) is 16.0. The smallest absolute Gasteiger partial charge is 0.271 e. The molecule has 0 fully saturated rings. The van der Waals surface area contributed by atoms with Gasteiger partial charge in [0.2, 0.25) is 21.8 Å². The number of nitro benzene ring substituents is 1. The van der Waals surface area contributed by atoms with E-state index in [0.29, 0.717) is 12.0 Å². The molecule has 0 saturated carbocycles. The maximum absolute atomic E-state index is 14.2. The van der Waals surface area contributed by atoms with E-state index >= 15 is 0 Å². The van der Waals surface area contributed by atoms with Gasteiger partial charge in [0.15, 0.2) is 0 Å². The van der Waals surface area contributed by atoms with Crippen molar-refractivity contribution < 1.29 is 22.9 Å². The number of halogens is 1. The number of hydrogen-bond donors (Lipinski definition) is 1. The van der Waals surface area contributed by atoms with Gasteiger partial charge in [0, 0.05) is 35.6 Å². The molecule has 0 bridgehead atoms. The van der Waals surface area contributed by atoms with Crippen molar-refractivity contribution >= 4 is 49.1 Å². The van der Waals surface area contributed by atoms with Crippen molar-refractivity contribution in [3.05, 3.63) is 104 Å². The lowest BCUT2D eigenvalue weighted by Crippen LogP contribution is -2.54. The van der Waals surface area contributed by atoms with Crippen molar-refractivity contribution in [3.8, 4) is 0 Å². The molecule has 2 amide bonds. The van der Waals surface area contributed by atoms with Gasteiger partial charge in [-0.05, 0) is 49.1 Å². The van der Waals surface area contributed by atoms with Gasteiger partial charge in [-0.25, -0.2) is 8.42 Å². The van der Waals surface area contributed by atoms with E-state index in [9.17, 15) is 28.1 Å². The number of rotatable bonds is 13. The Labute approximate surface area is 255 Å². The number of carbonyl (C=O) groups excluding carboxylic acids is 2. The van der Waals surface area contributed by atoms with E-state index in [2.05, 4.69) is 21.2 Å². The second-order valence-corrected chi connectivity index (χ2v) is 13.0. The standard InChI is InChI=1S/C30H35BrN4O6S/c1-5-22(3)32-30(37)28(17-23-10-7-6-8-11-23)33(19-24-12-9-13-25(31)16-24)29(36)20-34(42(4,40)41)27-18-26(35(38)39)15-14-21(27)2/h6-16,18,22,28H,5,17,19-20H2,1-4H3,(H,32,37)/t22-,28+/m0/s1. The number of carbonyl (C=O) groups is 2. The number of aryl methyl sites for hydroxylation is 1. The van der Waals surface area contributed by atoms with E-state index in [0.717, 1.165) is 32.2 Å². The van der Waals surface area contributed by atoms with Gasteiger partial charge >= 0.3 is 0 Å². The summed E-state index contributed by atoms with van der Waals surface area (Å²) in [5.74, 6) is -1.000. The molecule has 12 heteroatoms. The van der Waals surface area contributed by atoms with Gasteiger partial charge in [0.1, 0.15) is 12.6 Å². The molecule has 42 heavy (non-hydrogen) atoms. The highest BCUT2D eigenvalue weighted by Crippen LogP contribution is 2.28. The molecule has 1 N–H and O–H groups in total. The van der Waals surface area contributed by atoms with Crippen molar-refractivity contribution in [1.82, 2.24) is 10.2 Å². The van der Waals surface area contributed by atoms with Crippen molar-refractivity contribution in [2.75, 3.05) is 17.1 Å². The third kappa shape index (κ3) is 8.86. The van der Waals surface area contributed by atoms with Crippen LogP contribution in [0.3, 0.4) is 0 Å². The Morgan fingerprint density at radius 3 is 2.29 bits per heavy atom. The van der Waals surface area contributed by atoms with Crippen LogP contribution in [0.1, 0.15) is 37.0 Å². The predicted octanol–water partition coefficient (Wildman–Crippen LogP) is 4.99. The average molecular weight is 660 g/mol. The molecule has 0 unspecified atom stereocenters. The number of nitro groups is 1. The summed E-state index contributed by atoms with van der Waals surface area (Å²) in [4.78, 5) is 40.1. The normalized spacial score (nSPS) is 12.7. The molecule has 0 radical (unpaired) electrons. The molecule has 0 aromatic heterocycles. The Morgan fingerprint density at radius 2 is 1.69 bits per heavy atom. The lowest BCUT2D eigenvalue weighted by atomic mass is 10.0. The van der Waals surface area contributed by atoms with Crippen molar-refractivity contribution in [3.63, 3.8) is 0 Å². The summed E-state index contributed by atoms with van der Waals surface area (Å²) in [7, 11) is -4.06. The van der Waals surface area contributed by atoms with E-state index in [4.69, 9.17) is 0 Å². The summed E-state index contributed by atoms with van der Waals surface area (Å²) in [5.41, 5.74) is 1.70. The van der Waals surface area contributed by atoms with E-state index < -0.39 is 33.4 Å². The Balaban J connectivity index is 2.11. The Bertz CT molecular complexity index is 1530. The first-order chi connectivity index (χ1) is 19.8. The largest absolute Gasteiger partial charge is 0.352 e. The van der Waals surface area contributed by atoms with E-state index in [-0.39, 0.29) is 36.3 Å². The van der Waals surface area contributed by atoms with Crippen molar-refractivity contribution in [2.24, 2.45) is 0 Å². The van der Waals surface area contributed by atoms with Crippen LogP contribution in [-0.4, -0.2) is 54.9 Å². The molecule has 0 spiro atoms. The lowest BCUT2D eigenvalue weighted by molar-refractivity contribution is -0.384. The molecule has 3 rings (SSSR count). The van der Waals surface area contributed by atoms with E-state index in [1.165, 1.54) is 17.0 Å². The van der Waals surface area contributed by atoms with Crippen LogP contribution in [0.25, 0.3) is 0 Å². The Morgan fingerprint density at radius 1 is 1.02 bits per heavy atom. The summed E-state index contributed by atoms with van der Waals surface area (Å²) < 4.78 is 27.6. The molecule has 224 valence electrons. The monoisotopic (exact) mass is 658 g/mol. The van der Waals surface area contributed by atoms with Gasteiger partial charge in [-0.2, -0.15) is 0 Å². The van der Waals surface area contributed by atoms with E-state index in [1.807, 2.05) is 68.4 Å². The highest BCUT2D eigenvalue weighted by atomic mass is 79.9. The Hall–Kier alpha value is -3.77. The van der Waals surface area contributed by atoms with E-state index in [1.54, 1.807) is 6.92 Å². The number of anilines is 1. The van der Waals surface area contributed by atoms with Crippen LogP contribution in [-0.2, 0) is 32.6 Å². The highest BCUT2D eigenvalue weighted by Gasteiger charge is 2.34. The van der Waals surface area contributed by atoms with Gasteiger partial charge in [-0.3, -0.25) is 24.0 Å². The first-order valence-electron chi connectivity index (χ1n) is 13.4. The van der Waals surface area contributed by atoms with Gasteiger partial charge in [0.05, 0.1) is 16.9 Å². The quantitative estimate of drug-likeness (QED) is 0.204. The summed E-state index contributed by atoms with van der Waals surface area (Å²) in [6.45, 7) is 4.78. The first kappa shape index (κ1) is 32.7. The number of nitrogens with zero attached hydrogens (tertiary/aromatic N) is 3. The number of non-ortho nitro benzene ring substituents is 1. The fraction of sp³-hybridized carbons (Fsp3) is 0.333. The summed E-state index contributed by atoms with van der Waals surface area (Å²) >= 11 is 3.45. The number of amides is 2.